The van der Waals surface area contributed by atoms with Crippen LogP contribution in [0.25, 0.3) is 0 Å². The average molecular weight is 240 g/mol. The van der Waals surface area contributed by atoms with Gasteiger partial charge in [-0.15, -0.1) is 0 Å². The van der Waals surface area contributed by atoms with E-state index in [1.165, 1.54) is 0 Å². The monoisotopic (exact) mass is 240 g/mol. The number of urea groups is 1. The van der Waals surface area contributed by atoms with Crippen LogP contribution >= 0.6 is 22.6 Å². The Balaban J connectivity index is 2.81. The van der Waals surface area contributed by atoms with Crippen molar-refractivity contribution in [2.75, 3.05) is 0 Å². The highest BCUT2D eigenvalue weighted by molar-refractivity contribution is 14.1. The first-order valence-corrected chi connectivity index (χ1v) is 3.43. The molecule has 1 unspecified atom stereocenters. The Morgan fingerprint density at radius 2 is 2.11 bits per heavy atom. The maximum absolute atomic E-state index is 10.7. The Morgan fingerprint density at radius 3 is 2.22 bits per heavy atom. The molecule has 0 radical (unpaired) electrons. The molecule has 1 heterocycles. The van der Waals surface area contributed by atoms with Gasteiger partial charge in [0.2, 0.25) is 0 Å². The molecule has 1 atom stereocenters. The summed E-state index contributed by atoms with van der Waals surface area (Å²) in [5.41, 5.74) is 0. The van der Waals surface area contributed by atoms with E-state index in [9.17, 15) is 9.59 Å². The number of hydrogen-bond acceptors (Lipinski definition) is 2. The average Bonchev–Trinajstić information content (AvgIpc) is 1.79. The predicted octanol–water partition coefficient (Wildman–Crippen LogP) is -0.0230. The SMILES string of the molecule is CC1(I)NC(=O)NC1=O. The van der Waals surface area contributed by atoms with Gasteiger partial charge in [-0.05, 0) is 29.5 Å². The van der Waals surface area contributed by atoms with Crippen LogP contribution < -0.4 is 10.6 Å². The molecule has 0 aromatic rings. The van der Waals surface area contributed by atoms with Gasteiger partial charge in [-0.1, -0.05) is 0 Å². The largest absolute Gasteiger partial charge is 0.322 e. The van der Waals surface area contributed by atoms with Gasteiger partial charge in [-0.3, -0.25) is 10.1 Å². The minimum atomic E-state index is -0.755. The second-order valence-electron chi connectivity index (χ2n) is 1.91. The zero-order valence-electron chi connectivity index (χ0n) is 4.69. The van der Waals surface area contributed by atoms with E-state index in [1.54, 1.807) is 6.92 Å². The Morgan fingerprint density at radius 1 is 1.56 bits per heavy atom. The van der Waals surface area contributed by atoms with Crippen LogP contribution in [0.1, 0.15) is 6.92 Å². The number of alkyl halides is 1. The number of hydrogen-bond donors (Lipinski definition) is 2. The number of imide groups is 1. The van der Waals surface area contributed by atoms with Gasteiger partial charge < -0.3 is 5.32 Å². The molecule has 1 fully saturated rings. The van der Waals surface area contributed by atoms with Crippen LogP contribution in [0, 0.1) is 0 Å². The molecular formula is C4H5IN2O2. The Labute approximate surface area is 65.5 Å². The molecule has 0 spiro atoms. The van der Waals surface area contributed by atoms with Crippen molar-refractivity contribution in [3.8, 4) is 0 Å². The third kappa shape index (κ3) is 1.15. The lowest BCUT2D eigenvalue weighted by molar-refractivity contribution is -0.120. The molecular weight excluding hydrogens is 235 g/mol. The molecule has 0 aromatic carbocycles. The van der Waals surface area contributed by atoms with Crippen LogP contribution in [0.4, 0.5) is 4.79 Å². The van der Waals surface area contributed by atoms with E-state index in [1.807, 2.05) is 22.6 Å². The fourth-order valence-corrected chi connectivity index (χ4v) is 0.901. The number of amides is 3. The van der Waals surface area contributed by atoms with Crippen molar-refractivity contribution in [2.45, 2.75) is 10.5 Å². The van der Waals surface area contributed by atoms with E-state index >= 15 is 0 Å². The summed E-state index contributed by atoms with van der Waals surface area (Å²) in [6, 6.07) is -0.420. The molecule has 2 N–H and O–H groups in total. The molecule has 0 bridgehead atoms. The highest BCUT2D eigenvalue weighted by Gasteiger charge is 2.38. The number of carbonyl (C=O) groups is 2. The van der Waals surface area contributed by atoms with Crippen molar-refractivity contribution in [1.29, 1.82) is 0 Å². The number of halogens is 1. The normalized spacial score (nSPS) is 34.0. The van der Waals surface area contributed by atoms with Gasteiger partial charge in [0.1, 0.15) is 0 Å². The first-order valence-electron chi connectivity index (χ1n) is 2.35. The minimum Gasteiger partial charge on any atom is -0.315 e. The maximum Gasteiger partial charge on any atom is 0.322 e. The molecule has 1 rings (SSSR count). The fourth-order valence-electron chi connectivity index (χ4n) is 0.522. The summed E-state index contributed by atoms with van der Waals surface area (Å²) in [5, 5.41) is 4.54. The first-order chi connectivity index (χ1) is 4.02. The number of nitrogens with one attached hydrogen (secondary N) is 2. The summed E-state index contributed by atoms with van der Waals surface area (Å²) in [7, 11) is 0. The molecule has 1 aliphatic rings. The van der Waals surface area contributed by atoms with E-state index in [4.69, 9.17) is 0 Å². The zero-order chi connectivity index (χ0) is 7.07. The van der Waals surface area contributed by atoms with Crippen molar-refractivity contribution in [3.63, 3.8) is 0 Å². The van der Waals surface area contributed by atoms with Gasteiger partial charge in [0.15, 0.2) is 3.55 Å². The third-order valence-electron chi connectivity index (χ3n) is 1.00. The van der Waals surface area contributed by atoms with E-state index in [0.29, 0.717) is 0 Å². The van der Waals surface area contributed by atoms with E-state index < -0.39 is 9.58 Å². The van der Waals surface area contributed by atoms with Gasteiger partial charge in [-0.25, -0.2) is 4.79 Å². The van der Waals surface area contributed by atoms with Gasteiger partial charge in [0, 0.05) is 0 Å². The zero-order valence-corrected chi connectivity index (χ0v) is 6.85. The predicted molar refractivity (Wildman–Crippen MR) is 39.1 cm³/mol. The number of rotatable bonds is 0. The lowest BCUT2D eigenvalue weighted by Crippen LogP contribution is -2.36. The smallest absolute Gasteiger partial charge is 0.315 e. The molecule has 0 saturated carbocycles. The summed E-state index contributed by atoms with van der Waals surface area (Å²) < 4.78 is -0.755. The number of carbonyl (C=O) groups excluding carboxylic acids is 2. The summed E-state index contributed by atoms with van der Waals surface area (Å²) in [6.45, 7) is 1.63. The highest BCUT2D eigenvalue weighted by Crippen LogP contribution is 2.17. The summed E-state index contributed by atoms with van der Waals surface area (Å²) in [5.74, 6) is -0.284. The van der Waals surface area contributed by atoms with Crippen molar-refractivity contribution in [1.82, 2.24) is 10.6 Å². The van der Waals surface area contributed by atoms with E-state index in [0.717, 1.165) is 0 Å². The van der Waals surface area contributed by atoms with E-state index in [-0.39, 0.29) is 5.91 Å². The highest BCUT2D eigenvalue weighted by atomic mass is 127. The van der Waals surface area contributed by atoms with Gasteiger partial charge >= 0.3 is 6.03 Å². The minimum absolute atomic E-state index is 0.284. The lowest BCUT2D eigenvalue weighted by Gasteiger charge is -2.08. The molecule has 3 amide bonds. The van der Waals surface area contributed by atoms with Crippen LogP contribution in [0.5, 0.6) is 0 Å². The van der Waals surface area contributed by atoms with Crippen LogP contribution in [0.15, 0.2) is 0 Å². The molecule has 1 saturated heterocycles. The van der Waals surface area contributed by atoms with Crippen molar-refractivity contribution in [2.24, 2.45) is 0 Å². The molecule has 5 heteroatoms. The summed E-state index contributed by atoms with van der Waals surface area (Å²) in [4.78, 5) is 21.1. The van der Waals surface area contributed by atoms with Gasteiger partial charge in [0.05, 0.1) is 0 Å². The maximum atomic E-state index is 10.7. The summed E-state index contributed by atoms with van der Waals surface area (Å²) in [6.07, 6.45) is 0. The topological polar surface area (TPSA) is 58.2 Å². The molecule has 0 aliphatic carbocycles. The van der Waals surface area contributed by atoms with Crippen molar-refractivity contribution < 1.29 is 9.59 Å². The van der Waals surface area contributed by atoms with Crippen molar-refractivity contribution >= 4 is 34.5 Å². The third-order valence-corrected chi connectivity index (χ3v) is 1.76. The van der Waals surface area contributed by atoms with Crippen LogP contribution in [0.3, 0.4) is 0 Å². The van der Waals surface area contributed by atoms with Crippen LogP contribution in [-0.4, -0.2) is 15.5 Å². The van der Waals surface area contributed by atoms with E-state index in [2.05, 4.69) is 10.6 Å². The van der Waals surface area contributed by atoms with Gasteiger partial charge in [-0.2, -0.15) is 0 Å². The Hall–Kier alpha value is -0.330. The Kier molecular flexibility index (Phi) is 1.38. The summed E-state index contributed by atoms with van der Waals surface area (Å²) >= 11 is 1.86. The Bertz CT molecular complexity index is 177. The first kappa shape index (κ1) is 6.79. The molecule has 1 aliphatic heterocycles. The van der Waals surface area contributed by atoms with Crippen LogP contribution in [-0.2, 0) is 4.79 Å². The van der Waals surface area contributed by atoms with Crippen molar-refractivity contribution in [3.05, 3.63) is 0 Å². The molecule has 50 valence electrons. The quantitative estimate of drug-likeness (QED) is 0.270. The fraction of sp³-hybridized carbons (Fsp3) is 0.500. The standard InChI is InChI=1S/C4H5IN2O2/c1-4(5)2(8)6-3(9)7-4/h1H3,(H2,6,7,8,9). The molecule has 9 heavy (non-hydrogen) atoms. The molecule has 4 nitrogen and oxygen atoms in total. The lowest BCUT2D eigenvalue weighted by atomic mass is 10.4. The second kappa shape index (κ2) is 1.83. The second-order valence-corrected chi connectivity index (χ2v) is 4.07. The van der Waals surface area contributed by atoms with Crippen LogP contribution in [0.2, 0.25) is 0 Å². The molecule has 0 aromatic heterocycles. The van der Waals surface area contributed by atoms with Gasteiger partial charge in [0.25, 0.3) is 5.91 Å².